The summed E-state index contributed by atoms with van der Waals surface area (Å²) in [4.78, 5) is 2.48. The van der Waals surface area contributed by atoms with Gasteiger partial charge < -0.3 is 9.84 Å². The number of rotatable bonds is 3. The van der Waals surface area contributed by atoms with E-state index in [1.165, 1.54) is 32.1 Å². The highest BCUT2D eigenvalue weighted by molar-refractivity contribution is 5.07. The number of nitrogens with zero attached hydrogens (tertiary/aromatic N) is 1. The van der Waals surface area contributed by atoms with Crippen LogP contribution in [0, 0.1) is 5.92 Å². The van der Waals surface area contributed by atoms with Crippen LogP contribution in [-0.2, 0) is 4.74 Å². The van der Waals surface area contributed by atoms with E-state index in [0.717, 1.165) is 19.5 Å². The van der Waals surface area contributed by atoms with Gasteiger partial charge in [-0.3, -0.25) is 4.90 Å². The Morgan fingerprint density at radius 2 is 1.94 bits per heavy atom. The second kappa shape index (κ2) is 3.97. The van der Waals surface area contributed by atoms with Crippen LogP contribution in [0.3, 0.4) is 0 Å². The molecule has 2 saturated carbocycles. The van der Waals surface area contributed by atoms with Crippen molar-refractivity contribution in [1.82, 2.24) is 4.90 Å². The number of β-amino-alcohol motifs (C(OH)–C–C–N with tert-alkyl or cyclic N) is 1. The van der Waals surface area contributed by atoms with Crippen LogP contribution < -0.4 is 0 Å². The highest BCUT2D eigenvalue weighted by atomic mass is 16.5. The van der Waals surface area contributed by atoms with E-state index in [0.29, 0.717) is 18.1 Å². The highest BCUT2D eigenvalue weighted by Crippen LogP contribution is 2.46. The normalized spacial score (nSPS) is 39.4. The zero-order chi connectivity index (χ0) is 11.2. The fraction of sp³-hybridized carbons (Fsp3) is 1.00. The Morgan fingerprint density at radius 3 is 2.56 bits per heavy atom. The van der Waals surface area contributed by atoms with E-state index in [9.17, 15) is 5.11 Å². The molecule has 1 aliphatic heterocycles. The summed E-state index contributed by atoms with van der Waals surface area (Å²) in [6.07, 6.45) is 7.90. The molecule has 3 nitrogen and oxygen atoms in total. The summed E-state index contributed by atoms with van der Waals surface area (Å²) in [5, 5.41) is 10.3. The smallest absolute Gasteiger partial charge is 0.0928 e. The summed E-state index contributed by atoms with van der Waals surface area (Å²) in [6.45, 7) is 1.83. The Labute approximate surface area is 97.8 Å². The lowest BCUT2D eigenvalue weighted by atomic mass is 9.83. The van der Waals surface area contributed by atoms with Gasteiger partial charge in [0.1, 0.15) is 0 Å². The quantitative estimate of drug-likeness (QED) is 0.788. The lowest BCUT2D eigenvalue weighted by molar-refractivity contribution is -0.139. The van der Waals surface area contributed by atoms with Crippen LogP contribution in [-0.4, -0.2) is 48.0 Å². The molecule has 0 aromatic heterocycles. The molecule has 3 heteroatoms. The minimum absolute atomic E-state index is 0.319. The molecule has 92 valence electrons. The summed E-state index contributed by atoms with van der Waals surface area (Å²) in [7, 11) is 1.82. The SMILES string of the molecule is COC1CCCC(N2CC(O)(C3CC3)C2)C1. The van der Waals surface area contributed by atoms with Gasteiger partial charge in [-0.25, -0.2) is 0 Å². The first-order valence-corrected chi connectivity index (χ1v) is 6.70. The summed E-state index contributed by atoms with van der Waals surface area (Å²) >= 11 is 0. The van der Waals surface area contributed by atoms with Gasteiger partial charge in [0, 0.05) is 26.2 Å². The van der Waals surface area contributed by atoms with E-state index in [4.69, 9.17) is 4.74 Å². The van der Waals surface area contributed by atoms with Crippen LogP contribution in [0.25, 0.3) is 0 Å². The zero-order valence-corrected chi connectivity index (χ0v) is 10.2. The minimum atomic E-state index is -0.319. The largest absolute Gasteiger partial charge is 0.387 e. The molecule has 0 radical (unpaired) electrons. The lowest BCUT2D eigenvalue weighted by Crippen LogP contribution is -2.66. The van der Waals surface area contributed by atoms with Gasteiger partial charge in [0.05, 0.1) is 11.7 Å². The average Bonchev–Trinajstić information content (AvgIpc) is 3.09. The molecule has 2 atom stereocenters. The van der Waals surface area contributed by atoms with Crippen molar-refractivity contribution in [3.63, 3.8) is 0 Å². The molecule has 3 fully saturated rings. The van der Waals surface area contributed by atoms with Crippen LogP contribution in [0.4, 0.5) is 0 Å². The van der Waals surface area contributed by atoms with Gasteiger partial charge in [-0.2, -0.15) is 0 Å². The maximum atomic E-state index is 10.3. The van der Waals surface area contributed by atoms with Crippen molar-refractivity contribution in [2.45, 2.75) is 56.3 Å². The minimum Gasteiger partial charge on any atom is -0.387 e. The van der Waals surface area contributed by atoms with E-state index in [1.807, 2.05) is 7.11 Å². The highest BCUT2D eigenvalue weighted by Gasteiger charge is 2.53. The second-order valence-corrected chi connectivity index (χ2v) is 5.96. The van der Waals surface area contributed by atoms with Crippen LogP contribution in [0.1, 0.15) is 38.5 Å². The topological polar surface area (TPSA) is 32.7 Å². The lowest BCUT2D eigenvalue weighted by Gasteiger charge is -2.52. The number of hydrogen-bond acceptors (Lipinski definition) is 3. The molecule has 0 spiro atoms. The van der Waals surface area contributed by atoms with Gasteiger partial charge in [-0.05, 0) is 44.4 Å². The van der Waals surface area contributed by atoms with Crippen molar-refractivity contribution in [2.75, 3.05) is 20.2 Å². The monoisotopic (exact) mass is 225 g/mol. The van der Waals surface area contributed by atoms with Crippen LogP contribution >= 0.6 is 0 Å². The van der Waals surface area contributed by atoms with Crippen molar-refractivity contribution in [2.24, 2.45) is 5.92 Å². The molecular weight excluding hydrogens is 202 g/mol. The van der Waals surface area contributed by atoms with E-state index in [1.54, 1.807) is 0 Å². The number of aliphatic hydroxyl groups is 1. The summed E-state index contributed by atoms with van der Waals surface area (Å²) in [5.74, 6) is 0.616. The first-order chi connectivity index (χ1) is 7.71. The van der Waals surface area contributed by atoms with Crippen molar-refractivity contribution in [3.8, 4) is 0 Å². The molecule has 0 aromatic carbocycles. The summed E-state index contributed by atoms with van der Waals surface area (Å²) in [6, 6.07) is 0.665. The van der Waals surface area contributed by atoms with Crippen molar-refractivity contribution >= 4 is 0 Å². The number of likely N-dealkylation sites (tertiary alicyclic amines) is 1. The summed E-state index contributed by atoms with van der Waals surface area (Å²) < 4.78 is 5.46. The third-order valence-electron chi connectivity index (χ3n) is 4.74. The Morgan fingerprint density at radius 1 is 1.19 bits per heavy atom. The van der Waals surface area contributed by atoms with E-state index in [-0.39, 0.29) is 5.60 Å². The molecule has 0 bridgehead atoms. The maximum absolute atomic E-state index is 10.3. The molecule has 2 unspecified atom stereocenters. The van der Waals surface area contributed by atoms with Gasteiger partial charge in [0.2, 0.25) is 0 Å². The first-order valence-electron chi connectivity index (χ1n) is 6.70. The van der Waals surface area contributed by atoms with E-state index in [2.05, 4.69) is 4.90 Å². The Bertz CT molecular complexity index is 259. The maximum Gasteiger partial charge on any atom is 0.0928 e. The molecule has 3 aliphatic rings. The first kappa shape index (κ1) is 11.0. The van der Waals surface area contributed by atoms with Crippen LogP contribution in [0.2, 0.25) is 0 Å². The van der Waals surface area contributed by atoms with Gasteiger partial charge in [-0.15, -0.1) is 0 Å². The standard InChI is InChI=1S/C13H23NO2/c1-16-12-4-2-3-11(7-12)14-8-13(15,9-14)10-5-6-10/h10-12,15H,2-9H2,1H3. The van der Waals surface area contributed by atoms with Crippen molar-refractivity contribution in [3.05, 3.63) is 0 Å². The molecule has 2 aliphatic carbocycles. The molecule has 1 N–H and O–H groups in total. The molecule has 1 heterocycles. The number of ether oxygens (including phenoxy) is 1. The molecule has 3 rings (SSSR count). The average molecular weight is 225 g/mol. The molecule has 16 heavy (non-hydrogen) atoms. The van der Waals surface area contributed by atoms with Crippen LogP contribution in [0.5, 0.6) is 0 Å². The fourth-order valence-electron chi connectivity index (χ4n) is 3.46. The second-order valence-electron chi connectivity index (χ2n) is 5.96. The van der Waals surface area contributed by atoms with Gasteiger partial charge in [0.25, 0.3) is 0 Å². The third-order valence-corrected chi connectivity index (χ3v) is 4.74. The van der Waals surface area contributed by atoms with Crippen molar-refractivity contribution < 1.29 is 9.84 Å². The van der Waals surface area contributed by atoms with Gasteiger partial charge >= 0.3 is 0 Å². The molecule has 0 aromatic rings. The van der Waals surface area contributed by atoms with E-state index >= 15 is 0 Å². The Hall–Kier alpha value is -0.120. The molecule has 0 amide bonds. The van der Waals surface area contributed by atoms with E-state index < -0.39 is 0 Å². The van der Waals surface area contributed by atoms with Crippen LogP contribution in [0.15, 0.2) is 0 Å². The zero-order valence-electron chi connectivity index (χ0n) is 10.2. The van der Waals surface area contributed by atoms with Gasteiger partial charge in [0.15, 0.2) is 0 Å². The number of hydrogen-bond donors (Lipinski definition) is 1. The Kier molecular flexibility index (Phi) is 2.73. The Balaban J connectivity index is 1.51. The van der Waals surface area contributed by atoms with Crippen molar-refractivity contribution in [1.29, 1.82) is 0 Å². The summed E-state index contributed by atoms with van der Waals surface area (Å²) in [5.41, 5.74) is -0.319. The predicted molar refractivity (Wildman–Crippen MR) is 62.3 cm³/mol. The fourth-order valence-corrected chi connectivity index (χ4v) is 3.46. The van der Waals surface area contributed by atoms with Gasteiger partial charge in [-0.1, -0.05) is 0 Å². The molecular formula is C13H23NO2. The number of methoxy groups -OCH3 is 1. The predicted octanol–water partition coefficient (Wildman–Crippen LogP) is 1.40. The molecule has 1 saturated heterocycles. The third kappa shape index (κ3) is 1.89.